The Morgan fingerprint density at radius 2 is 1.54 bits per heavy atom. The summed E-state index contributed by atoms with van der Waals surface area (Å²) >= 11 is 1.39. The van der Waals surface area contributed by atoms with E-state index in [2.05, 4.69) is 4.37 Å². The Kier molecular flexibility index (Phi) is 5.03. The molecule has 5 nitrogen and oxygen atoms in total. The fraction of sp³-hybridized carbons (Fsp3) is 0. The summed E-state index contributed by atoms with van der Waals surface area (Å²) in [6.45, 7) is 0. The van der Waals surface area contributed by atoms with Gasteiger partial charge in [-0.25, -0.2) is 4.99 Å². The number of hydrogen-bond acceptors (Lipinski definition) is 5. The molecule has 136 valence electrons. The zero-order valence-electron chi connectivity index (χ0n) is 14.7. The molecule has 4 rings (SSSR count). The molecule has 28 heavy (non-hydrogen) atoms. The average Bonchev–Trinajstić information content (AvgIpc) is 3.23. The van der Waals surface area contributed by atoms with Crippen molar-refractivity contribution in [2.75, 3.05) is 0 Å². The second-order valence-corrected chi connectivity index (χ2v) is 6.85. The van der Waals surface area contributed by atoms with Crippen LogP contribution in [0.4, 0.5) is 11.4 Å². The lowest BCUT2D eigenvalue weighted by atomic mass is 10.1. The second-order valence-electron chi connectivity index (χ2n) is 6.04. The molecule has 6 heteroatoms. The van der Waals surface area contributed by atoms with Gasteiger partial charge in [-0.15, -0.1) is 0 Å². The lowest BCUT2D eigenvalue weighted by Crippen LogP contribution is -2.00. The zero-order valence-corrected chi connectivity index (χ0v) is 15.5. The van der Waals surface area contributed by atoms with E-state index in [9.17, 15) is 10.1 Å². The van der Waals surface area contributed by atoms with E-state index in [0.717, 1.165) is 27.4 Å². The van der Waals surface area contributed by atoms with E-state index >= 15 is 0 Å². The number of nitro groups is 1. The van der Waals surface area contributed by atoms with Crippen LogP contribution in [0, 0.1) is 10.1 Å². The molecule has 3 aromatic carbocycles. The Bertz CT molecular complexity index is 1120. The molecule has 0 atom stereocenters. The molecule has 1 aromatic heterocycles. The van der Waals surface area contributed by atoms with Crippen LogP contribution in [-0.4, -0.2) is 15.0 Å². The molecular formula is C22H15N3O2S. The van der Waals surface area contributed by atoms with Crippen molar-refractivity contribution in [1.29, 1.82) is 0 Å². The lowest BCUT2D eigenvalue weighted by Gasteiger charge is -2.04. The maximum Gasteiger partial charge on any atom is 0.269 e. The van der Waals surface area contributed by atoms with E-state index in [1.807, 2.05) is 66.7 Å². The van der Waals surface area contributed by atoms with E-state index in [-0.39, 0.29) is 5.69 Å². The highest BCUT2D eigenvalue weighted by molar-refractivity contribution is 7.08. The van der Waals surface area contributed by atoms with Crippen LogP contribution >= 0.6 is 11.5 Å². The van der Waals surface area contributed by atoms with Crippen LogP contribution in [0.3, 0.4) is 0 Å². The van der Waals surface area contributed by atoms with E-state index in [4.69, 9.17) is 4.99 Å². The topological polar surface area (TPSA) is 68.4 Å². The molecule has 0 aliphatic heterocycles. The number of aliphatic imine (C=N–C) groups is 1. The number of non-ortho nitro benzene ring substituents is 1. The van der Waals surface area contributed by atoms with Gasteiger partial charge in [0.1, 0.15) is 0 Å². The number of rotatable bonds is 5. The minimum Gasteiger partial charge on any atom is -0.258 e. The molecule has 0 radical (unpaired) electrons. The summed E-state index contributed by atoms with van der Waals surface area (Å²) in [5.74, 6) is 0. The minimum absolute atomic E-state index is 0.0457. The van der Waals surface area contributed by atoms with Crippen molar-refractivity contribution >= 4 is 28.6 Å². The molecule has 0 fully saturated rings. The smallest absolute Gasteiger partial charge is 0.258 e. The first-order valence-corrected chi connectivity index (χ1v) is 9.39. The van der Waals surface area contributed by atoms with Gasteiger partial charge >= 0.3 is 0 Å². The zero-order chi connectivity index (χ0) is 19.3. The minimum atomic E-state index is -0.416. The van der Waals surface area contributed by atoms with E-state index in [1.165, 1.54) is 23.7 Å². The van der Waals surface area contributed by atoms with Crippen LogP contribution in [0.25, 0.3) is 11.3 Å². The molecule has 0 unspecified atom stereocenters. The number of benzene rings is 3. The highest BCUT2D eigenvalue weighted by atomic mass is 32.1. The molecule has 4 aromatic rings. The summed E-state index contributed by atoms with van der Waals surface area (Å²) in [7, 11) is 0. The Hall–Kier alpha value is -3.64. The molecule has 0 spiro atoms. The standard InChI is InChI=1S/C22H15N3O2S/c26-25(27)19-13-11-18(12-14-19)23-22(17-9-5-2-6-10-17)21-15-20(24-28-21)16-7-3-1-4-8-16/h1-15H. The van der Waals surface area contributed by atoms with E-state index in [1.54, 1.807) is 12.1 Å². The maximum absolute atomic E-state index is 10.9. The van der Waals surface area contributed by atoms with Gasteiger partial charge in [-0.1, -0.05) is 60.7 Å². The molecule has 0 saturated carbocycles. The van der Waals surface area contributed by atoms with E-state index < -0.39 is 4.92 Å². The van der Waals surface area contributed by atoms with Gasteiger partial charge in [0.05, 0.1) is 26.9 Å². The first-order chi connectivity index (χ1) is 13.7. The van der Waals surface area contributed by atoms with Gasteiger partial charge in [-0.3, -0.25) is 10.1 Å². The molecular weight excluding hydrogens is 370 g/mol. The fourth-order valence-corrected chi connectivity index (χ4v) is 3.54. The first kappa shape index (κ1) is 17.8. The Labute approximate surface area is 166 Å². The van der Waals surface area contributed by atoms with Crippen molar-refractivity contribution < 1.29 is 4.92 Å². The third-order valence-corrected chi connectivity index (χ3v) is 4.96. The summed E-state index contributed by atoms with van der Waals surface area (Å²) in [5, 5.41) is 10.9. The Morgan fingerprint density at radius 1 is 0.893 bits per heavy atom. The van der Waals surface area contributed by atoms with Crippen molar-refractivity contribution in [3.05, 3.63) is 112 Å². The quantitative estimate of drug-likeness (QED) is 0.244. The molecule has 0 bridgehead atoms. The largest absolute Gasteiger partial charge is 0.269 e. The van der Waals surface area contributed by atoms with Crippen LogP contribution in [0.1, 0.15) is 10.4 Å². The van der Waals surface area contributed by atoms with Gasteiger partial charge in [0.15, 0.2) is 0 Å². The second kappa shape index (κ2) is 7.94. The third kappa shape index (κ3) is 3.87. The normalized spacial score (nSPS) is 11.4. The van der Waals surface area contributed by atoms with Gasteiger partial charge in [-0.05, 0) is 29.7 Å². The first-order valence-electron chi connectivity index (χ1n) is 8.62. The molecule has 0 aliphatic rings. The average molecular weight is 385 g/mol. The Morgan fingerprint density at radius 3 is 2.18 bits per heavy atom. The summed E-state index contributed by atoms with van der Waals surface area (Å²) in [5.41, 5.74) is 4.39. The van der Waals surface area contributed by atoms with Crippen LogP contribution in [0.2, 0.25) is 0 Å². The number of nitro benzene ring substituents is 1. The third-order valence-electron chi connectivity index (χ3n) is 4.16. The molecule has 0 aliphatic carbocycles. The number of nitrogens with zero attached hydrogens (tertiary/aromatic N) is 3. The van der Waals surface area contributed by atoms with Crippen molar-refractivity contribution in [2.24, 2.45) is 4.99 Å². The van der Waals surface area contributed by atoms with Crippen molar-refractivity contribution in [1.82, 2.24) is 4.37 Å². The summed E-state index contributed by atoms with van der Waals surface area (Å²) in [6, 6.07) is 28.1. The van der Waals surface area contributed by atoms with Gasteiger partial charge in [0.25, 0.3) is 5.69 Å². The van der Waals surface area contributed by atoms with Gasteiger partial charge in [-0.2, -0.15) is 4.37 Å². The molecule has 0 saturated heterocycles. The number of aromatic nitrogens is 1. The summed E-state index contributed by atoms with van der Waals surface area (Å²) in [6.07, 6.45) is 0. The summed E-state index contributed by atoms with van der Waals surface area (Å²) in [4.78, 5) is 16.2. The molecule has 0 N–H and O–H groups in total. The van der Waals surface area contributed by atoms with Crippen LogP contribution < -0.4 is 0 Å². The van der Waals surface area contributed by atoms with Gasteiger partial charge in [0.2, 0.25) is 0 Å². The highest BCUT2D eigenvalue weighted by Crippen LogP contribution is 2.26. The monoisotopic (exact) mass is 385 g/mol. The predicted molar refractivity (Wildman–Crippen MR) is 112 cm³/mol. The van der Waals surface area contributed by atoms with Crippen LogP contribution in [0.5, 0.6) is 0 Å². The predicted octanol–water partition coefficient (Wildman–Crippen LogP) is 5.89. The summed E-state index contributed by atoms with van der Waals surface area (Å²) < 4.78 is 4.58. The van der Waals surface area contributed by atoms with Crippen molar-refractivity contribution in [2.45, 2.75) is 0 Å². The van der Waals surface area contributed by atoms with Crippen molar-refractivity contribution in [3.8, 4) is 11.3 Å². The van der Waals surface area contributed by atoms with Gasteiger partial charge in [0, 0.05) is 23.3 Å². The fourth-order valence-electron chi connectivity index (χ4n) is 2.77. The maximum atomic E-state index is 10.9. The SMILES string of the molecule is O=[N+]([O-])c1ccc(N=C(c2ccccc2)c2cc(-c3ccccc3)ns2)cc1. The van der Waals surface area contributed by atoms with Crippen LogP contribution in [-0.2, 0) is 0 Å². The van der Waals surface area contributed by atoms with E-state index in [0.29, 0.717) is 5.69 Å². The molecule has 0 amide bonds. The lowest BCUT2D eigenvalue weighted by molar-refractivity contribution is -0.384. The van der Waals surface area contributed by atoms with Gasteiger partial charge < -0.3 is 0 Å². The highest BCUT2D eigenvalue weighted by Gasteiger charge is 2.13. The number of hydrogen-bond donors (Lipinski definition) is 0. The van der Waals surface area contributed by atoms with Crippen LogP contribution in [0.15, 0.2) is 96.0 Å². The Balaban J connectivity index is 1.77. The van der Waals surface area contributed by atoms with Crippen molar-refractivity contribution in [3.63, 3.8) is 0 Å². The molecule has 1 heterocycles.